The second-order valence-electron chi connectivity index (χ2n) is 10.4. The van der Waals surface area contributed by atoms with Crippen LogP contribution in [0.1, 0.15) is 43.0 Å². The minimum Gasteiger partial charge on any atom is -0.493 e. The second-order valence-corrected chi connectivity index (χ2v) is 10.4. The van der Waals surface area contributed by atoms with E-state index in [1.54, 1.807) is 59.6 Å². The highest BCUT2D eigenvalue weighted by Gasteiger charge is 2.29. The van der Waals surface area contributed by atoms with Gasteiger partial charge in [-0.2, -0.15) is 0 Å². The highest BCUT2D eigenvalue weighted by atomic mass is 16.5. The topological polar surface area (TPSA) is 133 Å². The molecular formula is C33H39N3O8. The Morgan fingerprint density at radius 1 is 0.864 bits per heavy atom. The van der Waals surface area contributed by atoms with Crippen molar-refractivity contribution in [2.24, 2.45) is 0 Å². The Bertz CT molecular complexity index is 1610. The molecule has 0 saturated heterocycles. The Balaban J connectivity index is 1.69. The summed E-state index contributed by atoms with van der Waals surface area (Å²) >= 11 is 0. The molecule has 0 spiro atoms. The van der Waals surface area contributed by atoms with Crippen LogP contribution in [0.2, 0.25) is 0 Å². The monoisotopic (exact) mass is 605 g/mol. The number of aryl methyl sites for hydroxylation is 1. The Morgan fingerprint density at radius 2 is 1.57 bits per heavy atom. The van der Waals surface area contributed by atoms with Crippen LogP contribution in [0.4, 0.5) is 5.69 Å². The van der Waals surface area contributed by atoms with Gasteiger partial charge in [-0.25, -0.2) is 0 Å². The largest absolute Gasteiger partial charge is 0.493 e. The van der Waals surface area contributed by atoms with Crippen molar-refractivity contribution < 1.29 is 33.3 Å². The van der Waals surface area contributed by atoms with E-state index >= 15 is 0 Å². The molecule has 11 heteroatoms. The number of hydrogen-bond donors (Lipinski definition) is 3. The van der Waals surface area contributed by atoms with E-state index in [2.05, 4.69) is 16.0 Å². The lowest BCUT2D eigenvalue weighted by Crippen LogP contribution is -2.38. The number of fused-ring (bicyclic) bond motifs is 3. The van der Waals surface area contributed by atoms with Gasteiger partial charge in [-0.05, 0) is 72.4 Å². The number of carbonyl (C=O) groups is 2. The van der Waals surface area contributed by atoms with Crippen LogP contribution in [0.3, 0.4) is 0 Å². The van der Waals surface area contributed by atoms with Crippen LogP contribution in [0.15, 0.2) is 47.3 Å². The molecular weight excluding hydrogens is 566 g/mol. The third kappa shape index (κ3) is 6.66. The number of anilines is 1. The molecule has 44 heavy (non-hydrogen) atoms. The predicted molar refractivity (Wildman–Crippen MR) is 167 cm³/mol. The molecule has 0 heterocycles. The zero-order valence-corrected chi connectivity index (χ0v) is 26.1. The van der Waals surface area contributed by atoms with E-state index < -0.39 is 12.1 Å². The Hall–Kier alpha value is -4.93. The number of ether oxygens (including phenoxy) is 5. The van der Waals surface area contributed by atoms with E-state index in [1.165, 1.54) is 20.1 Å². The molecule has 0 fully saturated rings. The maximum Gasteiger partial charge on any atom is 0.242 e. The van der Waals surface area contributed by atoms with Gasteiger partial charge in [0.05, 0.1) is 47.3 Å². The van der Waals surface area contributed by atoms with E-state index in [1.807, 2.05) is 12.1 Å². The summed E-state index contributed by atoms with van der Waals surface area (Å²) in [5, 5.41) is 8.94. The molecule has 0 saturated carbocycles. The normalized spacial score (nSPS) is 14.1. The standard InChI is InChI=1S/C33H39N3O8/c1-18(33(39)34-17-20-8-13-27(40-3)28(14-20)41-4)35-25-12-10-22-23(16-26(25)38)24(36-19(2)37)11-9-21-15-29(42-5)31(43-6)32(44-7)30(21)22/h8,10,12-16,18,24H,9,11,17H2,1-7H3,(H,34,39)(H,35,38)(H,36,37). The van der Waals surface area contributed by atoms with Crippen molar-refractivity contribution >= 4 is 17.5 Å². The van der Waals surface area contributed by atoms with Gasteiger partial charge in [0.2, 0.25) is 23.0 Å². The molecule has 1 aliphatic rings. The van der Waals surface area contributed by atoms with Crippen molar-refractivity contribution in [2.75, 3.05) is 40.9 Å². The van der Waals surface area contributed by atoms with Gasteiger partial charge < -0.3 is 39.6 Å². The van der Waals surface area contributed by atoms with Gasteiger partial charge in [0.15, 0.2) is 23.0 Å². The van der Waals surface area contributed by atoms with Gasteiger partial charge in [0.1, 0.15) is 6.04 Å². The maximum absolute atomic E-state index is 13.6. The van der Waals surface area contributed by atoms with Gasteiger partial charge in [0.25, 0.3) is 0 Å². The fraction of sp³-hybridized carbons (Fsp3) is 0.364. The lowest BCUT2D eigenvalue weighted by atomic mass is 9.95. The summed E-state index contributed by atoms with van der Waals surface area (Å²) in [6.45, 7) is 3.38. The molecule has 11 nitrogen and oxygen atoms in total. The summed E-state index contributed by atoms with van der Waals surface area (Å²) in [6, 6.07) is 11.1. The SMILES string of the molecule is COc1ccc(CNC(=O)C(C)Nc2ccc3c(cc2=O)C(NC(C)=O)CCc2cc(OC)c(OC)c(OC)c2-3)cc1OC. The zero-order valence-electron chi connectivity index (χ0n) is 26.1. The molecule has 0 aromatic heterocycles. The van der Waals surface area contributed by atoms with Gasteiger partial charge >= 0.3 is 0 Å². The third-order valence-corrected chi connectivity index (χ3v) is 7.60. The van der Waals surface area contributed by atoms with Gasteiger partial charge in [-0.3, -0.25) is 14.4 Å². The highest BCUT2D eigenvalue weighted by molar-refractivity contribution is 5.85. The van der Waals surface area contributed by atoms with Crippen LogP contribution in [-0.2, 0) is 22.6 Å². The molecule has 4 rings (SSSR count). The number of rotatable bonds is 11. The van der Waals surface area contributed by atoms with Crippen LogP contribution in [0, 0.1) is 0 Å². The molecule has 0 radical (unpaired) electrons. The fourth-order valence-electron chi connectivity index (χ4n) is 5.46. The van der Waals surface area contributed by atoms with Crippen LogP contribution < -0.4 is 45.1 Å². The van der Waals surface area contributed by atoms with Crippen molar-refractivity contribution in [1.29, 1.82) is 0 Å². The third-order valence-electron chi connectivity index (χ3n) is 7.60. The predicted octanol–water partition coefficient (Wildman–Crippen LogP) is 4.00. The number of benzene rings is 2. The number of hydrogen-bond acceptors (Lipinski definition) is 9. The Kier molecular flexibility index (Phi) is 10.2. The van der Waals surface area contributed by atoms with E-state index in [-0.39, 0.29) is 29.5 Å². The fourth-order valence-corrected chi connectivity index (χ4v) is 5.46. The first kappa shape index (κ1) is 32.0. The van der Waals surface area contributed by atoms with Crippen LogP contribution in [-0.4, -0.2) is 53.4 Å². The van der Waals surface area contributed by atoms with Crippen molar-refractivity contribution in [2.45, 2.75) is 45.3 Å². The lowest BCUT2D eigenvalue weighted by Gasteiger charge is -2.19. The quantitative estimate of drug-likeness (QED) is 0.297. The molecule has 0 bridgehead atoms. The maximum atomic E-state index is 13.6. The number of methoxy groups -OCH3 is 5. The molecule has 3 aromatic rings. The number of amides is 2. The first-order valence-electron chi connectivity index (χ1n) is 14.2. The summed E-state index contributed by atoms with van der Waals surface area (Å²) in [5.41, 5.74) is 3.72. The first-order valence-corrected chi connectivity index (χ1v) is 14.2. The highest BCUT2D eigenvalue weighted by Crippen LogP contribution is 2.50. The molecule has 2 amide bonds. The van der Waals surface area contributed by atoms with Crippen LogP contribution in [0.5, 0.6) is 28.7 Å². The van der Waals surface area contributed by atoms with Crippen molar-refractivity contribution in [3.05, 3.63) is 69.4 Å². The minimum absolute atomic E-state index is 0.217. The summed E-state index contributed by atoms with van der Waals surface area (Å²) in [4.78, 5) is 38.8. The van der Waals surface area contributed by atoms with E-state index in [0.29, 0.717) is 52.7 Å². The molecule has 1 aliphatic carbocycles. The van der Waals surface area contributed by atoms with Gasteiger partial charge in [-0.15, -0.1) is 0 Å². The lowest BCUT2D eigenvalue weighted by molar-refractivity contribution is -0.122. The molecule has 2 atom stereocenters. The first-order chi connectivity index (χ1) is 21.1. The van der Waals surface area contributed by atoms with Crippen molar-refractivity contribution in [1.82, 2.24) is 10.6 Å². The van der Waals surface area contributed by atoms with Gasteiger partial charge in [0, 0.05) is 19.0 Å². The molecule has 234 valence electrons. The summed E-state index contributed by atoms with van der Waals surface area (Å²) < 4.78 is 27.7. The summed E-state index contributed by atoms with van der Waals surface area (Å²) in [7, 11) is 7.74. The smallest absolute Gasteiger partial charge is 0.242 e. The van der Waals surface area contributed by atoms with Crippen molar-refractivity contribution in [3.63, 3.8) is 0 Å². The average Bonchev–Trinajstić information content (AvgIpc) is 3.26. The Labute approximate surface area is 256 Å². The molecule has 3 aromatic carbocycles. The average molecular weight is 606 g/mol. The molecule has 2 unspecified atom stereocenters. The second kappa shape index (κ2) is 14.0. The number of nitrogens with one attached hydrogen (secondary N) is 3. The molecule has 3 N–H and O–H groups in total. The summed E-state index contributed by atoms with van der Waals surface area (Å²) in [6.07, 6.45) is 1.13. The number of carbonyl (C=O) groups excluding carboxylic acids is 2. The van der Waals surface area contributed by atoms with Crippen LogP contribution >= 0.6 is 0 Å². The van der Waals surface area contributed by atoms with Gasteiger partial charge in [-0.1, -0.05) is 12.1 Å². The van der Waals surface area contributed by atoms with E-state index in [4.69, 9.17) is 23.7 Å². The minimum atomic E-state index is -0.734. The van der Waals surface area contributed by atoms with E-state index in [9.17, 15) is 14.4 Å². The molecule has 0 aliphatic heterocycles. The zero-order chi connectivity index (χ0) is 32.0. The van der Waals surface area contributed by atoms with Crippen LogP contribution in [0.25, 0.3) is 11.1 Å². The van der Waals surface area contributed by atoms with Crippen molar-refractivity contribution in [3.8, 4) is 39.9 Å². The summed E-state index contributed by atoms with van der Waals surface area (Å²) in [5.74, 6) is 2.03. The van der Waals surface area contributed by atoms with E-state index in [0.717, 1.165) is 16.7 Å². The Morgan fingerprint density at radius 3 is 2.20 bits per heavy atom.